The van der Waals surface area contributed by atoms with Gasteiger partial charge in [-0.1, -0.05) is 22.0 Å². The standard InChI is InChI=1S/C21H21BrN6O4S/c1-12-6-14(22)3-2-13(12)7-24-20(29)17-8-23-18-9-27(4-5-28(17)18)21(30)19-15-10-33(31,32)11-16(15)25-26-19/h2-3,6,8H,4-5,7,9-11H2,1H3,(H,24,29)(H,25,26). The van der Waals surface area contributed by atoms with Crippen LogP contribution in [0.1, 0.15) is 49.2 Å². The predicted molar refractivity (Wildman–Crippen MR) is 122 cm³/mol. The van der Waals surface area contributed by atoms with Crippen LogP contribution in [0.15, 0.2) is 28.9 Å². The van der Waals surface area contributed by atoms with E-state index in [1.807, 2.05) is 29.7 Å². The molecule has 0 saturated heterocycles. The highest BCUT2D eigenvalue weighted by Gasteiger charge is 2.35. The third-order valence-electron chi connectivity index (χ3n) is 6.01. The molecule has 12 heteroatoms. The van der Waals surface area contributed by atoms with Crippen LogP contribution in [-0.2, 0) is 41.0 Å². The van der Waals surface area contributed by atoms with Gasteiger partial charge in [0.2, 0.25) is 0 Å². The van der Waals surface area contributed by atoms with Crippen LogP contribution in [0.25, 0.3) is 0 Å². The van der Waals surface area contributed by atoms with Gasteiger partial charge >= 0.3 is 0 Å². The van der Waals surface area contributed by atoms with Crippen LogP contribution in [0.2, 0.25) is 0 Å². The first-order valence-corrected chi connectivity index (χ1v) is 13.0. The summed E-state index contributed by atoms with van der Waals surface area (Å²) in [7, 11) is -3.24. The summed E-state index contributed by atoms with van der Waals surface area (Å²) in [6, 6.07) is 5.90. The van der Waals surface area contributed by atoms with E-state index in [0.717, 1.165) is 15.6 Å². The molecule has 172 valence electrons. The molecule has 2 N–H and O–H groups in total. The number of H-pyrrole nitrogens is 1. The maximum atomic E-state index is 13.0. The maximum absolute atomic E-state index is 13.0. The zero-order chi connectivity index (χ0) is 23.3. The van der Waals surface area contributed by atoms with Crippen molar-refractivity contribution in [2.75, 3.05) is 6.54 Å². The van der Waals surface area contributed by atoms with E-state index in [2.05, 4.69) is 36.4 Å². The molecular formula is C21H21BrN6O4S. The van der Waals surface area contributed by atoms with E-state index in [4.69, 9.17) is 0 Å². The van der Waals surface area contributed by atoms with Crippen LogP contribution in [0.3, 0.4) is 0 Å². The average molecular weight is 533 g/mol. The minimum absolute atomic E-state index is 0.120. The first kappa shape index (κ1) is 21.8. The quantitative estimate of drug-likeness (QED) is 0.525. The SMILES string of the molecule is Cc1cc(Br)ccc1CNC(=O)c1cnc2n1CCN(C(=O)c1n[nH]c3c1CS(=O)(=O)C3)C2. The van der Waals surface area contributed by atoms with Gasteiger partial charge in [0.05, 0.1) is 29.9 Å². The molecule has 1 aromatic carbocycles. The maximum Gasteiger partial charge on any atom is 0.275 e. The highest BCUT2D eigenvalue weighted by molar-refractivity contribution is 9.10. The summed E-state index contributed by atoms with van der Waals surface area (Å²) in [6.07, 6.45) is 1.52. The third kappa shape index (κ3) is 4.08. The number of halogens is 1. The Bertz CT molecular complexity index is 1390. The molecule has 0 atom stereocenters. The monoisotopic (exact) mass is 532 g/mol. The summed E-state index contributed by atoms with van der Waals surface area (Å²) in [5.74, 6) is -0.267. The van der Waals surface area contributed by atoms with Crippen molar-refractivity contribution in [3.8, 4) is 0 Å². The smallest absolute Gasteiger partial charge is 0.275 e. The Balaban J connectivity index is 1.28. The number of rotatable bonds is 4. The molecular weight excluding hydrogens is 512 g/mol. The topological polar surface area (TPSA) is 130 Å². The highest BCUT2D eigenvalue weighted by atomic mass is 79.9. The zero-order valence-corrected chi connectivity index (χ0v) is 20.2. The second kappa shape index (κ2) is 8.10. The molecule has 0 unspecified atom stereocenters. The molecule has 0 aliphatic carbocycles. The summed E-state index contributed by atoms with van der Waals surface area (Å²) >= 11 is 3.44. The number of benzene rings is 1. The van der Waals surface area contributed by atoms with E-state index >= 15 is 0 Å². The number of amides is 2. The van der Waals surface area contributed by atoms with Gasteiger partial charge in [0.15, 0.2) is 15.5 Å². The summed E-state index contributed by atoms with van der Waals surface area (Å²) < 4.78 is 26.6. The van der Waals surface area contributed by atoms with Crippen LogP contribution in [0.4, 0.5) is 0 Å². The zero-order valence-electron chi connectivity index (χ0n) is 17.8. The summed E-state index contributed by atoms with van der Waals surface area (Å²) in [4.78, 5) is 31.7. The molecule has 0 saturated carbocycles. The van der Waals surface area contributed by atoms with Gasteiger partial charge in [0.1, 0.15) is 11.5 Å². The van der Waals surface area contributed by atoms with E-state index in [0.29, 0.717) is 42.4 Å². The van der Waals surface area contributed by atoms with Gasteiger partial charge in [-0.3, -0.25) is 14.7 Å². The number of hydrogen-bond acceptors (Lipinski definition) is 6. The van der Waals surface area contributed by atoms with Crippen LogP contribution in [0.5, 0.6) is 0 Å². The van der Waals surface area contributed by atoms with E-state index in [1.54, 1.807) is 4.90 Å². The Labute approximate surface area is 198 Å². The fraction of sp³-hybridized carbons (Fsp3) is 0.333. The number of aryl methyl sites for hydroxylation is 1. The normalized spacial score (nSPS) is 16.4. The average Bonchev–Trinajstić information content (AvgIpc) is 3.43. The summed E-state index contributed by atoms with van der Waals surface area (Å²) in [5.41, 5.74) is 3.63. The van der Waals surface area contributed by atoms with Crippen molar-refractivity contribution in [3.63, 3.8) is 0 Å². The van der Waals surface area contributed by atoms with Crippen LogP contribution < -0.4 is 5.32 Å². The van der Waals surface area contributed by atoms with Crippen molar-refractivity contribution in [2.24, 2.45) is 0 Å². The number of fused-ring (bicyclic) bond motifs is 2. The number of hydrogen-bond donors (Lipinski definition) is 2. The Morgan fingerprint density at radius 3 is 2.85 bits per heavy atom. The molecule has 2 aliphatic rings. The molecule has 2 amide bonds. The van der Waals surface area contributed by atoms with Crippen molar-refractivity contribution in [2.45, 2.75) is 38.1 Å². The van der Waals surface area contributed by atoms with Gasteiger partial charge in [-0.25, -0.2) is 13.4 Å². The Morgan fingerprint density at radius 1 is 1.24 bits per heavy atom. The fourth-order valence-electron chi connectivity index (χ4n) is 4.23. The largest absolute Gasteiger partial charge is 0.347 e. The van der Waals surface area contributed by atoms with Crippen LogP contribution in [-0.4, -0.2) is 51.4 Å². The van der Waals surface area contributed by atoms with Gasteiger partial charge in [-0.2, -0.15) is 5.10 Å². The van der Waals surface area contributed by atoms with E-state index in [1.165, 1.54) is 6.20 Å². The highest BCUT2D eigenvalue weighted by Crippen LogP contribution is 2.27. The first-order chi connectivity index (χ1) is 15.7. The molecule has 0 bridgehead atoms. The number of aromatic nitrogens is 4. The predicted octanol–water partition coefficient (Wildman–Crippen LogP) is 1.69. The second-order valence-corrected chi connectivity index (χ2v) is 11.2. The van der Waals surface area contributed by atoms with Crippen LogP contribution >= 0.6 is 15.9 Å². The van der Waals surface area contributed by atoms with Gasteiger partial charge < -0.3 is 14.8 Å². The number of carbonyl (C=O) groups excluding carboxylic acids is 2. The molecule has 2 aromatic heterocycles. The van der Waals surface area contributed by atoms with E-state index < -0.39 is 9.84 Å². The molecule has 10 nitrogen and oxygen atoms in total. The fourth-order valence-corrected chi connectivity index (χ4v) is 6.24. The third-order valence-corrected chi connectivity index (χ3v) is 7.96. The number of sulfone groups is 1. The van der Waals surface area contributed by atoms with Crippen molar-refractivity contribution in [3.05, 3.63) is 68.5 Å². The Morgan fingerprint density at radius 2 is 2.06 bits per heavy atom. The molecule has 0 radical (unpaired) electrons. The Hall–Kier alpha value is -2.99. The number of nitrogens with one attached hydrogen (secondary N) is 2. The lowest BCUT2D eigenvalue weighted by Gasteiger charge is -2.28. The number of carbonyl (C=O) groups is 2. The molecule has 3 aromatic rings. The molecule has 33 heavy (non-hydrogen) atoms. The first-order valence-electron chi connectivity index (χ1n) is 10.4. The number of imidazole rings is 1. The van der Waals surface area contributed by atoms with Crippen molar-refractivity contribution in [1.29, 1.82) is 0 Å². The van der Waals surface area contributed by atoms with Crippen LogP contribution in [0, 0.1) is 6.92 Å². The van der Waals surface area contributed by atoms with E-state index in [-0.39, 0.29) is 35.6 Å². The lowest BCUT2D eigenvalue weighted by Crippen LogP contribution is -2.40. The number of aromatic amines is 1. The van der Waals surface area contributed by atoms with Crippen molar-refractivity contribution >= 4 is 37.6 Å². The van der Waals surface area contributed by atoms with Crippen molar-refractivity contribution < 1.29 is 18.0 Å². The number of nitrogens with zero attached hydrogens (tertiary/aromatic N) is 4. The molecule has 5 rings (SSSR count). The summed E-state index contributed by atoms with van der Waals surface area (Å²) in [6.45, 7) is 3.37. The summed E-state index contributed by atoms with van der Waals surface area (Å²) in [5, 5.41) is 9.68. The molecule has 0 fully saturated rings. The minimum atomic E-state index is -3.24. The van der Waals surface area contributed by atoms with Crippen molar-refractivity contribution in [1.82, 2.24) is 30.0 Å². The van der Waals surface area contributed by atoms with Gasteiger partial charge in [0.25, 0.3) is 11.8 Å². The minimum Gasteiger partial charge on any atom is -0.347 e. The lowest BCUT2D eigenvalue weighted by atomic mass is 10.1. The van der Waals surface area contributed by atoms with Gasteiger partial charge in [0, 0.05) is 29.7 Å². The van der Waals surface area contributed by atoms with E-state index in [9.17, 15) is 18.0 Å². The Kier molecular flexibility index (Phi) is 5.36. The molecule has 0 spiro atoms. The second-order valence-electron chi connectivity index (χ2n) is 8.25. The lowest BCUT2D eigenvalue weighted by molar-refractivity contribution is 0.0699. The molecule has 4 heterocycles. The molecule has 2 aliphatic heterocycles. The van der Waals surface area contributed by atoms with Gasteiger partial charge in [-0.15, -0.1) is 0 Å². The van der Waals surface area contributed by atoms with Gasteiger partial charge in [-0.05, 0) is 30.2 Å².